The van der Waals surface area contributed by atoms with Crippen LogP contribution in [-0.2, 0) is 4.74 Å². The number of hydrogen-bond donors (Lipinski definition) is 1. The maximum Gasteiger partial charge on any atom is 0.408 e. The maximum atomic E-state index is 11.5. The van der Waals surface area contributed by atoms with Crippen LogP contribution >= 0.6 is 0 Å². The molecule has 0 bridgehead atoms. The van der Waals surface area contributed by atoms with E-state index in [9.17, 15) is 4.79 Å². The van der Waals surface area contributed by atoms with Gasteiger partial charge in [-0.3, -0.25) is 0 Å². The Morgan fingerprint density at radius 2 is 1.67 bits per heavy atom. The summed E-state index contributed by atoms with van der Waals surface area (Å²) in [5.41, 5.74) is 0.605. The predicted octanol–water partition coefficient (Wildman–Crippen LogP) is 4.30. The van der Waals surface area contributed by atoms with Crippen molar-refractivity contribution >= 4 is 6.09 Å². The lowest BCUT2D eigenvalue weighted by Crippen LogP contribution is -2.33. The van der Waals surface area contributed by atoms with Gasteiger partial charge in [-0.15, -0.1) is 0 Å². The van der Waals surface area contributed by atoms with Gasteiger partial charge in [0.1, 0.15) is 5.60 Å². The molecular formula is C15H25NO2. The summed E-state index contributed by atoms with van der Waals surface area (Å²) >= 11 is 0. The average molecular weight is 251 g/mol. The quantitative estimate of drug-likeness (QED) is 0.851. The van der Waals surface area contributed by atoms with Gasteiger partial charge in [0.15, 0.2) is 0 Å². The molecule has 0 saturated heterocycles. The summed E-state index contributed by atoms with van der Waals surface area (Å²) in [6.07, 6.45) is -0.385. The van der Waals surface area contributed by atoms with Gasteiger partial charge < -0.3 is 10.1 Å². The van der Waals surface area contributed by atoms with E-state index in [1.54, 1.807) is 0 Å². The van der Waals surface area contributed by atoms with Gasteiger partial charge in [0.2, 0.25) is 0 Å². The Labute approximate surface area is 111 Å². The summed E-state index contributed by atoms with van der Waals surface area (Å²) in [5, 5.41) is 2.79. The number of benzene rings is 1. The van der Waals surface area contributed by atoms with Crippen LogP contribution in [0.3, 0.4) is 0 Å². The smallest absolute Gasteiger partial charge is 0.408 e. The molecule has 0 aliphatic carbocycles. The van der Waals surface area contributed by atoms with Gasteiger partial charge in [0, 0.05) is 0 Å². The number of alkyl carbamates (subject to hydrolysis) is 1. The molecule has 102 valence electrons. The summed E-state index contributed by atoms with van der Waals surface area (Å²) in [6.45, 7) is 11.5. The normalized spacial score (nSPS) is 11.9. The number of nitrogens with one attached hydrogen (secondary N) is 1. The predicted molar refractivity (Wildman–Crippen MR) is 75.6 cm³/mol. The second kappa shape index (κ2) is 7.75. The fraction of sp³-hybridized carbons (Fsp3) is 0.533. The molecular weight excluding hydrogens is 226 g/mol. The summed E-state index contributed by atoms with van der Waals surface area (Å²) in [6, 6.07) is 9.75. The topological polar surface area (TPSA) is 38.3 Å². The van der Waals surface area contributed by atoms with Gasteiger partial charge in [-0.25, -0.2) is 4.79 Å². The first-order valence-electron chi connectivity index (χ1n) is 6.43. The first kappa shape index (κ1) is 16.5. The molecule has 18 heavy (non-hydrogen) atoms. The van der Waals surface area contributed by atoms with Crippen LogP contribution in [0.2, 0.25) is 0 Å². The van der Waals surface area contributed by atoms with Gasteiger partial charge in [-0.05, 0) is 33.3 Å². The first-order chi connectivity index (χ1) is 8.38. The monoisotopic (exact) mass is 251 g/mol. The molecule has 3 heteroatoms. The lowest BCUT2D eigenvalue weighted by atomic mass is 10.1. The Balaban J connectivity index is 0.00000137. The van der Waals surface area contributed by atoms with Crippen molar-refractivity contribution in [1.29, 1.82) is 0 Å². The fourth-order valence-corrected chi connectivity index (χ4v) is 1.31. The minimum atomic E-state index is -0.458. The summed E-state index contributed by atoms with van der Waals surface area (Å²) in [4.78, 5) is 11.5. The minimum Gasteiger partial charge on any atom is -0.444 e. The van der Waals surface area contributed by atoms with Crippen LogP contribution in [-0.4, -0.2) is 11.7 Å². The van der Waals surface area contributed by atoms with Crippen molar-refractivity contribution in [3.8, 4) is 0 Å². The molecule has 1 aromatic rings. The van der Waals surface area contributed by atoms with Crippen LogP contribution in [0.25, 0.3) is 0 Å². The van der Waals surface area contributed by atoms with E-state index >= 15 is 0 Å². The van der Waals surface area contributed by atoms with E-state index in [1.165, 1.54) is 0 Å². The van der Waals surface area contributed by atoms with Gasteiger partial charge in [-0.1, -0.05) is 44.2 Å². The van der Waals surface area contributed by atoms with Gasteiger partial charge in [0.05, 0.1) is 6.04 Å². The highest BCUT2D eigenvalue weighted by Crippen LogP contribution is 2.13. The maximum absolute atomic E-state index is 11.5. The lowest BCUT2D eigenvalue weighted by molar-refractivity contribution is 0.0508. The Morgan fingerprint density at radius 3 is 2.11 bits per heavy atom. The molecule has 0 heterocycles. The molecule has 1 rings (SSSR count). The average Bonchev–Trinajstić information content (AvgIpc) is 2.30. The summed E-state index contributed by atoms with van der Waals surface area (Å²) < 4.78 is 5.18. The van der Waals surface area contributed by atoms with Crippen LogP contribution in [0.15, 0.2) is 30.3 Å². The van der Waals surface area contributed by atoms with Crippen molar-refractivity contribution in [2.75, 3.05) is 0 Å². The molecule has 0 fully saturated rings. The largest absolute Gasteiger partial charge is 0.444 e. The number of carbonyl (C=O) groups excluding carboxylic acids is 1. The van der Waals surface area contributed by atoms with Crippen LogP contribution in [0, 0.1) is 0 Å². The Hall–Kier alpha value is -1.51. The number of rotatable bonds is 2. The number of hydrogen-bond acceptors (Lipinski definition) is 2. The summed E-state index contributed by atoms with van der Waals surface area (Å²) in [5.74, 6) is 0. The molecule has 0 aromatic heterocycles. The second-order valence-electron chi connectivity index (χ2n) is 4.78. The number of amides is 1. The highest BCUT2D eigenvalue weighted by Gasteiger charge is 2.17. The molecule has 0 radical (unpaired) electrons. The molecule has 1 amide bonds. The SMILES string of the molecule is CC.C[C@@H](NC(=O)OC(C)(C)C)c1ccccc1. The fourth-order valence-electron chi connectivity index (χ4n) is 1.31. The highest BCUT2D eigenvalue weighted by molar-refractivity contribution is 5.68. The van der Waals surface area contributed by atoms with Gasteiger partial charge in [0.25, 0.3) is 0 Å². The van der Waals surface area contributed by atoms with Gasteiger partial charge in [-0.2, -0.15) is 0 Å². The van der Waals surface area contributed by atoms with Crippen molar-refractivity contribution in [2.24, 2.45) is 0 Å². The molecule has 1 atom stereocenters. The zero-order valence-electron chi connectivity index (χ0n) is 12.3. The first-order valence-corrected chi connectivity index (χ1v) is 6.43. The Kier molecular flexibility index (Phi) is 7.10. The summed E-state index contributed by atoms with van der Waals surface area (Å²) in [7, 11) is 0. The third kappa shape index (κ3) is 6.94. The van der Waals surface area contributed by atoms with Crippen LogP contribution in [0.5, 0.6) is 0 Å². The Bertz CT molecular complexity index is 341. The van der Waals surface area contributed by atoms with Crippen LogP contribution in [0.1, 0.15) is 53.1 Å². The third-order valence-electron chi connectivity index (χ3n) is 2.03. The van der Waals surface area contributed by atoms with Crippen molar-refractivity contribution < 1.29 is 9.53 Å². The second-order valence-corrected chi connectivity index (χ2v) is 4.78. The van der Waals surface area contributed by atoms with Gasteiger partial charge >= 0.3 is 6.09 Å². The van der Waals surface area contributed by atoms with E-state index in [1.807, 2.05) is 71.9 Å². The molecule has 0 aliphatic rings. The van der Waals surface area contributed by atoms with Crippen LogP contribution < -0.4 is 5.32 Å². The number of carbonyl (C=O) groups is 1. The minimum absolute atomic E-state index is 0.0453. The van der Waals surface area contributed by atoms with E-state index in [0.29, 0.717) is 0 Å². The zero-order valence-corrected chi connectivity index (χ0v) is 12.3. The van der Waals surface area contributed by atoms with Crippen molar-refractivity contribution in [3.63, 3.8) is 0 Å². The van der Waals surface area contributed by atoms with E-state index in [-0.39, 0.29) is 12.1 Å². The number of ether oxygens (including phenoxy) is 1. The standard InChI is InChI=1S/C13H19NO2.C2H6/c1-10(11-8-6-5-7-9-11)14-12(15)16-13(2,3)4;1-2/h5-10H,1-4H3,(H,14,15);1-2H3/t10-;/m1./s1. The molecule has 0 aliphatic heterocycles. The Morgan fingerprint density at radius 1 is 1.17 bits per heavy atom. The van der Waals surface area contributed by atoms with E-state index in [2.05, 4.69) is 5.32 Å². The third-order valence-corrected chi connectivity index (χ3v) is 2.03. The molecule has 0 unspecified atom stereocenters. The van der Waals surface area contributed by atoms with E-state index in [4.69, 9.17) is 4.74 Å². The molecule has 0 saturated carbocycles. The molecule has 0 spiro atoms. The molecule has 1 N–H and O–H groups in total. The zero-order chi connectivity index (χ0) is 14.2. The molecule has 3 nitrogen and oxygen atoms in total. The molecule has 1 aromatic carbocycles. The van der Waals surface area contributed by atoms with Crippen molar-refractivity contribution in [3.05, 3.63) is 35.9 Å². The van der Waals surface area contributed by atoms with Crippen molar-refractivity contribution in [2.45, 2.75) is 53.2 Å². The van der Waals surface area contributed by atoms with Crippen LogP contribution in [0.4, 0.5) is 4.79 Å². The van der Waals surface area contributed by atoms with Crippen molar-refractivity contribution in [1.82, 2.24) is 5.32 Å². The lowest BCUT2D eigenvalue weighted by Gasteiger charge is -2.22. The highest BCUT2D eigenvalue weighted by atomic mass is 16.6. The van der Waals surface area contributed by atoms with E-state index in [0.717, 1.165) is 5.56 Å². The van der Waals surface area contributed by atoms with E-state index < -0.39 is 5.60 Å².